The zero-order chi connectivity index (χ0) is 12.8. The van der Waals surface area contributed by atoms with Crippen molar-refractivity contribution in [3.8, 4) is 6.07 Å². The lowest BCUT2D eigenvalue weighted by atomic mass is 10.2. The van der Waals surface area contributed by atoms with Crippen LogP contribution in [0.5, 0.6) is 0 Å². The van der Waals surface area contributed by atoms with Crippen molar-refractivity contribution < 1.29 is 0 Å². The van der Waals surface area contributed by atoms with E-state index in [0.29, 0.717) is 24.7 Å². The lowest BCUT2D eigenvalue weighted by molar-refractivity contribution is 0.791. The van der Waals surface area contributed by atoms with E-state index in [1.165, 1.54) is 11.3 Å². The molecule has 0 fully saturated rings. The van der Waals surface area contributed by atoms with Gasteiger partial charge in [-0.2, -0.15) is 5.26 Å². The van der Waals surface area contributed by atoms with Gasteiger partial charge in [0.2, 0.25) is 0 Å². The average Bonchev–Trinajstić information content (AvgIpc) is 2.82. The summed E-state index contributed by atoms with van der Waals surface area (Å²) in [5.41, 5.74) is 1.08. The monoisotopic (exact) mass is 278 g/mol. The van der Waals surface area contributed by atoms with E-state index in [-0.39, 0.29) is 0 Å². The largest absolute Gasteiger partial charge is 0.343 e. The highest BCUT2D eigenvalue weighted by Gasteiger charge is 2.11. The van der Waals surface area contributed by atoms with Gasteiger partial charge in [-0.3, -0.25) is 4.98 Å². The first kappa shape index (κ1) is 12.8. The van der Waals surface area contributed by atoms with Gasteiger partial charge in [-0.1, -0.05) is 17.7 Å². The number of halogens is 1. The van der Waals surface area contributed by atoms with E-state index in [9.17, 15) is 0 Å². The van der Waals surface area contributed by atoms with Gasteiger partial charge in [-0.05, 0) is 11.6 Å². The minimum absolute atomic E-state index is 0.456. The average molecular weight is 279 g/mol. The molecule has 2 rings (SSSR count). The van der Waals surface area contributed by atoms with E-state index in [2.05, 4.69) is 16.0 Å². The van der Waals surface area contributed by atoms with Gasteiger partial charge in [-0.15, -0.1) is 11.3 Å². The summed E-state index contributed by atoms with van der Waals surface area (Å²) in [6.07, 6.45) is 4.01. The van der Waals surface area contributed by atoms with Crippen molar-refractivity contribution >= 4 is 28.1 Å². The van der Waals surface area contributed by atoms with Crippen LogP contribution < -0.4 is 4.90 Å². The second-order valence-electron chi connectivity index (χ2n) is 3.64. The van der Waals surface area contributed by atoms with Crippen LogP contribution in [0.25, 0.3) is 0 Å². The maximum absolute atomic E-state index is 8.70. The second kappa shape index (κ2) is 6.34. The molecule has 2 aromatic heterocycles. The smallest absolute Gasteiger partial charge is 0.187 e. The number of hydrogen-bond acceptors (Lipinski definition) is 5. The summed E-state index contributed by atoms with van der Waals surface area (Å²) in [4.78, 5) is 10.4. The van der Waals surface area contributed by atoms with Gasteiger partial charge >= 0.3 is 0 Å². The summed E-state index contributed by atoms with van der Waals surface area (Å²) >= 11 is 7.32. The van der Waals surface area contributed by atoms with Crippen molar-refractivity contribution in [3.63, 3.8) is 0 Å². The summed E-state index contributed by atoms with van der Waals surface area (Å²) in [6, 6.07) is 6.04. The van der Waals surface area contributed by atoms with Crippen molar-refractivity contribution in [1.29, 1.82) is 5.26 Å². The summed E-state index contributed by atoms with van der Waals surface area (Å²) in [6.45, 7) is 1.31. The van der Waals surface area contributed by atoms with Crippen LogP contribution in [0.3, 0.4) is 0 Å². The maximum Gasteiger partial charge on any atom is 0.187 e. The third kappa shape index (κ3) is 3.42. The van der Waals surface area contributed by atoms with Crippen LogP contribution in [0.1, 0.15) is 12.0 Å². The molecule has 0 bridgehead atoms. The fourth-order valence-corrected chi connectivity index (χ4v) is 2.51. The van der Waals surface area contributed by atoms with Crippen molar-refractivity contribution in [1.82, 2.24) is 9.97 Å². The van der Waals surface area contributed by atoms with Crippen LogP contribution in [-0.4, -0.2) is 16.5 Å². The van der Waals surface area contributed by atoms with E-state index in [1.54, 1.807) is 11.6 Å². The Balaban J connectivity index is 2.13. The van der Waals surface area contributed by atoms with Gasteiger partial charge in [0.15, 0.2) is 5.13 Å². The lowest BCUT2D eigenvalue weighted by Crippen LogP contribution is -2.23. The fraction of sp³-hybridized carbons (Fsp3) is 0.250. The van der Waals surface area contributed by atoms with Gasteiger partial charge in [0.1, 0.15) is 5.15 Å². The molecule has 0 radical (unpaired) electrons. The minimum atomic E-state index is 0.456. The maximum atomic E-state index is 8.70. The predicted molar refractivity (Wildman–Crippen MR) is 72.6 cm³/mol. The Morgan fingerprint density at radius 1 is 1.50 bits per heavy atom. The Kier molecular flexibility index (Phi) is 4.51. The zero-order valence-corrected chi connectivity index (χ0v) is 11.2. The topological polar surface area (TPSA) is 52.8 Å². The molecular formula is C12H11ClN4S. The van der Waals surface area contributed by atoms with Crippen LogP contribution in [0.15, 0.2) is 29.9 Å². The van der Waals surface area contributed by atoms with E-state index in [0.717, 1.165) is 10.7 Å². The highest BCUT2D eigenvalue weighted by molar-refractivity contribution is 7.14. The van der Waals surface area contributed by atoms with Gasteiger partial charge < -0.3 is 4.90 Å². The van der Waals surface area contributed by atoms with Crippen LogP contribution in [0.2, 0.25) is 5.15 Å². The van der Waals surface area contributed by atoms with Gasteiger partial charge in [0, 0.05) is 30.9 Å². The molecule has 6 heteroatoms. The number of nitriles is 1. The van der Waals surface area contributed by atoms with E-state index in [1.807, 2.05) is 23.2 Å². The Morgan fingerprint density at radius 3 is 3.00 bits per heavy atom. The molecule has 0 unspecified atom stereocenters. The number of hydrogen-bond donors (Lipinski definition) is 0. The Hall–Kier alpha value is -1.64. The molecule has 18 heavy (non-hydrogen) atoms. The summed E-state index contributed by atoms with van der Waals surface area (Å²) in [7, 11) is 0. The first-order valence-corrected chi connectivity index (χ1v) is 6.67. The second-order valence-corrected chi connectivity index (χ2v) is 4.87. The predicted octanol–water partition coefficient (Wildman–Crippen LogP) is 3.11. The van der Waals surface area contributed by atoms with Gasteiger partial charge in [0.25, 0.3) is 0 Å². The molecule has 2 heterocycles. The standard InChI is InChI=1S/C12H11ClN4S/c13-11-9-18-12(16-11)17(6-2-4-14)8-10-3-1-5-15-7-10/h1,3,5,7,9H,2,6,8H2. The molecule has 0 aromatic carbocycles. The van der Waals surface area contributed by atoms with E-state index in [4.69, 9.17) is 16.9 Å². The summed E-state index contributed by atoms with van der Waals surface area (Å²) in [5.74, 6) is 0. The van der Waals surface area contributed by atoms with E-state index < -0.39 is 0 Å². The Morgan fingerprint density at radius 2 is 2.39 bits per heavy atom. The molecule has 0 atom stereocenters. The molecule has 0 saturated carbocycles. The van der Waals surface area contributed by atoms with E-state index >= 15 is 0 Å². The highest BCUT2D eigenvalue weighted by atomic mass is 35.5. The van der Waals surface area contributed by atoms with Crippen LogP contribution >= 0.6 is 22.9 Å². The minimum Gasteiger partial charge on any atom is -0.343 e. The quantitative estimate of drug-likeness (QED) is 0.843. The third-order valence-corrected chi connectivity index (χ3v) is 3.55. The fourth-order valence-electron chi connectivity index (χ4n) is 1.53. The lowest BCUT2D eigenvalue weighted by Gasteiger charge is -2.20. The first-order chi connectivity index (χ1) is 8.79. The molecule has 0 spiro atoms. The molecule has 0 aliphatic heterocycles. The molecule has 2 aromatic rings. The van der Waals surface area contributed by atoms with Crippen molar-refractivity contribution in [2.24, 2.45) is 0 Å². The van der Waals surface area contributed by atoms with Crippen molar-refractivity contribution in [2.45, 2.75) is 13.0 Å². The molecule has 0 aliphatic rings. The zero-order valence-electron chi connectivity index (χ0n) is 9.58. The molecule has 0 N–H and O–H groups in total. The molecular weight excluding hydrogens is 268 g/mol. The molecule has 0 amide bonds. The molecule has 0 saturated heterocycles. The highest BCUT2D eigenvalue weighted by Crippen LogP contribution is 2.24. The number of pyridine rings is 1. The van der Waals surface area contributed by atoms with Crippen LogP contribution in [0, 0.1) is 11.3 Å². The van der Waals surface area contributed by atoms with Gasteiger partial charge in [0.05, 0.1) is 12.5 Å². The van der Waals surface area contributed by atoms with Crippen LogP contribution in [-0.2, 0) is 6.54 Å². The normalized spacial score (nSPS) is 10.0. The Labute approximate surface area is 114 Å². The van der Waals surface area contributed by atoms with Crippen molar-refractivity contribution in [3.05, 3.63) is 40.6 Å². The third-order valence-electron chi connectivity index (χ3n) is 2.32. The molecule has 92 valence electrons. The molecule has 0 aliphatic carbocycles. The van der Waals surface area contributed by atoms with Crippen molar-refractivity contribution in [2.75, 3.05) is 11.4 Å². The van der Waals surface area contributed by atoms with Gasteiger partial charge in [-0.25, -0.2) is 4.98 Å². The van der Waals surface area contributed by atoms with Crippen LogP contribution in [0.4, 0.5) is 5.13 Å². The SMILES string of the molecule is N#CCCN(Cc1cccnc1)c1nc(Cl)cs1. The summed E-state index contributed by atoms with van der Waals surface area (Å²) in [5, 5.41) is 11.8. The number of nitrogens with zero attached hydrogens (tertiary/aromatic N) is 4. The summed E-state index contributed by atoms with van der Waals surface area (Å²) < 4.78 is 0. The number of anilines is 1. The molecule has 4 nitrogen and oxygen atoms in total. The Bertz CT molecular complexity index is 535. The number of aromatic nitrogens is 2. The first-order valence-electron chi connectivity index (χ1n) is 5.41. The number of rotatable bonds is 5. The number of thiazole rings is 1.